The molecule has 3 rings (SSSR count). The Balaban J connectivity index is 2.03. The number of amides is 2. The number of halogens is 1. The molecular formula is C29H34ClN3O4S. The van der Waals surface area contributed by atoms with Crippen molar-refractivity contribution in [2.75, 3.05) is 23.7 Å². The van der Waals surface area contributed by atoms with Crippen molar-refractivity contribution in [1.29, 1.82) is 0 Å². The molecule has 0 aliphatic rings. The van der Waals surface area contributed by atoms with E-state index in [0.717, 1.165) is 33.7 Å². The van der Waals surface area contributed by atoms with Crippen LogP contribution in [0.15, 0.2) is 78.9 Å². The van der Waals surface area contributed by atoms with Gasteiger partial charge in [0.2, 0.25) is 21.8 Å². The van der Waals surface area contributed by atoms with Crippen LogP contribution in [0.1, 0.15) is 30.0 Å². The number of aryl methyl sites for hydroxylation is 1. The van der Waals surface area contributed by atoms with Crippen molar-refractivity contribution in [3.8, 4) is 0 Å². The molecule has 3 aromatic rings. The number of hydrogen-bond acceptors (Lipinski definition) is 4. The highest BCUT2D eigenvalue weighted by atomic mass is 35.5. The third-order valence-electron chi connectivity index (χ3n) is 6.06. The number of carbonyl (C=O) groups excluding carboxylic acids is 2. The average Bonchev–Trinajstić information content (AvgIpc) is 2.88. The lowest BCUT2D eigenvalue weighted by atomic mass is 10.0. The summed E-state index contributed by atoms with van der Waals surface area (Å²) >= 11 is 6.21. The Bertz CT molecular complexity index is 1330. The summed E-state index contributed by atoms with van der Waals surface area (Å²) < 4.78 is 26.6. The zero-order valence-corrected chi connectivity index (χ0v) is 23.5. The maximum absolute atomic E-state index is 13.9. The summed E-state index contributed by atoms with van der Waals surface area (Å²) in [6, 6.07) is 22.6. The standard InChI is InChI=1S/C29H34ClN3O4S/c1-4-17-31-29(35)27(19-23-9-6-5-7-10-23)32(20-24-11-8-12-25(30)18-24)28(34)21-33(38(3,36)37)26-15-13-22(2)14-16-26/h5-16,18,27H,4,17,19-21H2,1-3H3,(H,31,35). The third kappa shape index (κ3) is 8.33. The summed E-state index contributed by atoms with van der Waals surface area (Å²) in [5.74, 6) is -0.795. The SMILES string of the molecule is CCCNC(=O)C(Cc1ccccc1)N(Cc1cccc(Cl)c1)C(=O)CN(c1ccc(C)cc1)S(C)(=O)=O. The van der Waals surface area contributed by atoms with Crippen molar-refractivity contribution < 1.29 is 18.0 Å². The lowest BCUT2D eigenvalue weighted by Crippen LogP contribution is -2.53. The fourth-order valence-corrected chi connectivity index (χ4v) is 5.14. The Hall–Kier alpha value is -3.36. The quantitative estimate of drug-likeness (QED) is 0.354. The van der Waals surface area contributed by atoms with Crippen molar-refractivity contribution in [3.63, 3.8) is 0 Å². The van der Waals surface area contributed by atoms with Crippen LogP contribution < -0.4 is 9.62 Å². The molecule has 0 fully saturated rings. The number of rotatable bonds is 12. The van der Waals surface area contributed by atoms with Crippen molar-refractivity contribution in [1.82, 2.24) is 10.2 Å². The number of carbonyl (C=O) groups is 2. The number of nitrogens with one attached hydrogen (secondary N) is 1. The Labute approximate surface area is 230 Å². The summed E-state index contributed by atoms with van der Waals surface area (Å²) in [6.07, 6.45) is 2.07. The molecule has 9 heteroatoms. The van der Waals surface area contributed by atoms with E-state index >= 15 is 0 Å². The summed E-state index contributed by atoms with van der Waals surface area (Å²) in [4.78, 5) is 28.8. The van der Waals surface area contributed by atoms with E-state index in [9.17, 15) is 18.0 Å². The van der Waals surface area contributed by atoms with Crippen LogP contribution >= 0.6 is 11.6 Å². The molecule has 0 radical (unpaired) electrons. The molecule has 0 aliphatic carbocycles. The predicted octanol–water partition coefficient (Wildman–Crippen LogP) is 4.58. The van der Waals surface area contributed by atoms with E-state index in [0.29, 0.717) is 17.3 Å². The largest absolute Gasteiger partial charge is 0.354 e. The smallest absolute Gasteiger partial charge is 0.244 e. The molecule has 1 atom stereocenters. The summed E-state index contributed by atoms with van der Waals surface area (Å²) in [7, 11) is -3.79. The van der Waals surface area contributed by atoms with Crippen molar-refractivity contribution in [2.24, 2.45) is 0 Å². The minimum absolute atomic E-state index is 0.0853. The zero-order chi connectivity index (χ0) is 27.7. The van der Waals surface area contributed by atoms with Crippen LogP contribution in [-0.2, 0) is 32.6 Å². The first-order valence-electron chi connectivity index (χ1n) is 12.5. The molecule has 0 spiro atoms. The van der Waals surface area contributed by atoms with Gasteiger partial charge in [-0.25, -0.2) is 8.42 Å². The minimum Gasteiger partial charge on any atom is -0.354 e. The minimum atomic E-state index is -3.79. The van der Waals surface area contributed by atoms with Gasteiger partial charge >= 0.3 is 0 Å². The van der Waals surface area contributed by atoms with Gasteiger partial charge in [-0.3, -0.25) is 13.9 Å². The van der Waals surface area contributed by atoms with Gasteiger partial charge in [-0.15, -0.1) is 0 Å². The molecule has 0 aliphatic heterocycles. The highest BCUT2D eigenvalue weighted by molar-refractivity contribution is 7.92. The number of anilines is 1. The molecule has 0 heterocycles. The number of sulfonamides is 1. The average molecular weight is 556 g/mol. The fourth-order valence-electron chi connectivity index (χ4n) is 4.08. The van der Waals surface area contributed by atoms with Crippen LogP contribution in [0, 0.1) is 6.92 Å². The van der Waals surface area contributed by atoms with E-state index in [1.807, 2.05) is 50.2 Å². The monoisotopic (exact) mass is 555 g/mol. The van der Waals surface area contributed by atoms with E-state index in [4.69, 9.17) is 11.6 Å². The lowest BCUT2D eigenvalue weighted by molar-refractivity contribution is -0.140. The van der Waals surface area contributed by atoms with E-state index in [1.165, 1.54) is 4.90 Å². The molecular weight excluding hydrogens is 522 g/mol. The Morgan fingerprint density at radius 3 is 2.21 bits per heavy atom. The number of hydrogen-bond donors (Lipinski definition) is 1. The summed E-state index contributed by atoms with van der Waals surface area (Å²) in [6.45, 7) is 3.95. The van der Waals surface area contributed by atoms with Crippen LogP contribution in [0.25, 0.3) is 0 Å². The Kier molecular flexibility index (Phi) is 10.3. The van der Waals surface area contributed by atoms with E-state index < -0.39 is 28.5 Å². The van der Waals surface area contributed by atoms with E-state index in [2.05, 4.69) is 5.32 Å². The van der Waals surface area contributed by atoms with Gasteiger partial charge in [0.1, 0.15) is 12.6 Å². The van der Waals surface area contributed by atoms with Crippen LogP contribution in [0.3, 0.4) is 0 Å². The summed E-state index contributed by atoms with van der Waals surface area (Å²) in [5, 5.41) is 3.42. The van der Waals surface area contributed by atoms with Gasteiger partial charge in [0.05, 0.1) is 11.9 Å². The second kappa shape index (κ2) is 13.4. The normalized spacial score (nSPS) is 12.0. The summed E-state index contributed by atoms with van der Waals surface area (Å²) in [5.41, 5.74) is 2.95. The topological polar surface area (TPSA) is 86.8 Å². The molecule has 0 aromatic heterocycles. The maximum Gasteiger partial charge on any atom is 0.244 e. The first-order chi connectivity index (χ1) is 18.1. The Morgan fingerprint density at radius 2 is 1.61 bits per heavy atom. The molecule has 2 amide bonds. The molecule has 38 heavy (non-hydrogen) atoms. The van der Waals surface area contributed by atoms with Crippen LogP contribution in [0.5, 0.6) is 0 Å². The van der Waals surface area contributed by atoms with Gasteiger partial charge < -0.3 is 10.2 Å². The number of benzene rings is 3. The van der Waals surface area contributed by atoms with Gasteiger partial charge in [0.25, 0.3) is 0 Å². The van der Waals surface area contributed by atoms with Crippen LogP contribution in [0.2, 0.25) is 5.02 Å². The van der Waals surface area contributed by atoms with Crippen molar-refractivity contribution in [3.05, 3.63) is 101 Å². The van der Waals surface area contributed by atoms with Gasteiger partial charge in [-0.2, -0.15) is 0 Å². The molecule has 0 bridgehead atoms. The molecule has 202 valence electrons. The molecule has 1 N–H and O–H groups in total. The van der Waals surface area contributed by atoms with Crippen LogP contribution in [-0.4, -0.2) is 50.5 Å². The first kappa shape index (κ1) is 29.2. The van der Waals surface area contributed by atoms with Gasteiger partial charge in [-0.1, -0.05) is 78.7 Å². The fraction of sp³-hybridized carbons (Fsp3) is 0.310. The molecule has 1 unspecified atom stereocenters. The third-order valence-corrected chi connectivity index (χ3v) is 7.44. The highest BCUT2D eigenvalue weighted by Gasteiger charge is 2.32. The van der Waals surface area contributed by atoms with Crippen molar-refractivity contribution >= 4 is 39.1 Å². The molecule has 3 aromatic carbocycles. The van der Waals surface area contributed by atoms with Gasteiger partial charge in [0.15, 0.2) is 0 Å². The second-order valence-corrected chi connectivity index (χ2v) is 11.6. The van der Waals surface area contributed by atoms with E-state index in [-0.39, 0.29) is 18.9 Å². The van der Waals surface area contributed by atoms with E-state index in [1.54, 1.807) is 42.5 Å². The zero-order valence-electron chi connectivity index (χ0n) is 21.9. The van der Waals surface area contributed by atoms with Gasteiger partial charge in [0, 0.05) is 24.5 Å². The Morgan fingerprint density at radius 1 is 0.947 bits per heavy atom. The second-order valence-electron chi connectivity index (χ2n) is 9.25. The number of nitrogens with zero attached hydrogens (tertiary/aromatic N) is 2. The highest BCUT2D eigenvalue weighted by Crippen LogP contribution is 2.21. The maximum atomic E-state index is 13.9. The molecule has 0 saturated heterocycles. The first-order valence-corrected chi connectivity index (χ1v) is 14.7. The van der Waals surface area contributed by atoms with Crippen molar-refractivity contribution in [2.45, 2.75) is 39.3 Å². The predicted molar refractivity (Wildman–Crippen MR) is 153 cm³/mol. The molecule has 0 saturated carbocycles. The van der Waals surface area contributed by atoms with Gasteiger partial charge in [-0.05, 0) is 48.7 Å². The lowest BCUT2D eigenvalue weighted by Gasteiger charge is -2.33. The molecule has 7 nitrogen and oxygen atoms in total. The van der Waals surface area contributed by atoms with Crippen LogP contribution in [0.4, 0.5) is 5.69 Å².